The van der Waals surface area contributed by atoms with Crippen LogP contribution in [0.5, 0.6) is 5.75 Å². The third kappa shape index (κ3) is 4.37. The van der Waals surface area contributed by atoms with Crippen molar-refractivity contribution in [3.8, 4) is 5.75 Å². The Morgan fingerprint density at radius 3 is 2.70 bits per heavy atom. The van der Waals surface area contributed by atoms with E-state index in [9.17, 15) is 4.79 Å². The summed E-state index contributed by atoms with van der Waals surface area (Å²) in [5.74, 6) is 2.79. The highest BCUT2D eigenvalue weighted by Gasteiger charge is 2.31. The number of nitrogens with zero attached hydrogens (tertiary/aromatic N) is 3. The van der Waals surface area contributed by atoms with Gasteiger partial charge in [-0.05, 0) is 50.8 Å². The van der Waals surface area contributed by atoms with Gasteiger partial charge < -0.3 is 19.1 Å². The number of carbonyl (C=O) groups is 1. The second-order valence-corrected chi connectivity index (χ2v) is 8.08. The fourth-order valence-corrected chi connectivity index (χ4v) is 3.21. The molecule has 2 heterocycles. The summed E-state index contributed by atoms with van der Waals surface area (Å²) in [4.78, 5) is 17.4. The minimum Gasteiger partial charge on any atom is -0.489 e. The maximum Gasteiger partial charge on any atom is 0.252 e. The van der Waals surface area contributed by atoms with Crippen LogP contribution in [-0.4, -0.2) is 21.2 Å². The highest BCUT2D eigenvalue weighted by atomic mass is 16.5. The van der Waals surface area contributed by atoms with Gasteiger partial charge in [-0.15, -0.1) is 0 Å². The van der Waals surface area contributed by atoms with Crippen molar-refractivity contribution in [1.82, 2.24) is 20.6 Å². The number of carbonyl (C=O) groups excluding carboxylic acids is 1. The van der Waals surface area contributed by atoms with Crippen molar-refractivity contribution < 1.29 is 18.6 Å². The normalized spacial score (nSPS) is 14.7. The summed E-state index contributed by atoms with van der Waals surface area (Å²) in [6.45, 7) is 8.06. The van der Waals surface area contributed by atoms with Crippen molar-refractivity contribution in [2.24, 2.45) is 5.92 Å². The SMILES string of the molecule is Cc1noc(C)c1COc1cccc(C(=O)NC(c2nc(C3CC3)no2)C(C)C)c1. The Bertz CT molecular complexity index is 1020. The number of nitrogens with one attached hydrogen (secondary N) is 1. The molecule has 1 N–H and O–H groups in total. The van der Waals surface area contributed by atoms with Crippen LogP contribution >= 0.6 is 0 Å². The molecule has 4 rings (SSSR count). The second-order valence-electron chi connectivity index (χ2n) is 8.08. The molecule has 0 aliphatic heterocycles. The van der Waals surface area contributed by atoms with Gasteiger partial charge in [0.15, 0.2) is 5.82 Å². The van der Waals surface area contributed by atoms with Crippen LogP contribution in [0, 0.1) is 19.8 Å². The molecule has 8 heteroatoms. The quantitative estimate of drug-likeness (QED) is 0.592. The average molecular weight is 410 g/mol. The average Bonchev–Trinajstić information content (AvgIpc) is 3.38. The van der Waals surface area contributed by atoms with Gasteiger partial charge >= 0.3 is 0 Å². The molecule has 0 bridgehead atoms. The third-order valence-corrected chi connectivity index (χ3v) is 5.28. The van der Waals surface area contributed by atoms with E-state index in [1.54, 1.807) is 18.2 Å². The lowest BCUT2D eigenvalue weighted by atomic mass is 10.0. The first-order chi connectivity index (χ1) is 14.4. The molecule has 1 aromatic carbocycles. The molecule has 2 aromatic heterocycles. The highest BCUT2D eigenvalue weighted by molar-refractivity contribution is 5.94. The lowest BCUT2D eigenvalue weighted by molar-refractivity contribution is 0.0913. The van der Waals surface area contributed by atoms with E-state index in [1.165, 1.54) is 0 Å². The van der Waals surface area contributed by atoms with Crippen LogP contribution in [0.15, 0.2) is 33.3 Å². The maximum absolute atomic E-state index is 12.9. The van der Waals surface area contributed by atoms with Crippen LogP contribution < -0.4 is 10.1 Å². The zero-order chi connectivity index (χ0) is 21.3. The van der Waals surface area contributed by atoms with Crippen LogP contribution in [0.2, 0.25) is 0 Å². The van der Waals surface area contributed by atoms with Gasteiger partial charge in [0.2, 0.25) is 5.89 Å². The number of ether oxygens (including phenoxy) is 1. The lowest BCUT2D eigenvalue weighted by Crippen LogP contribution is -2.32. The zero-order valence-electron chi connectivity index (χ0n) is 17.6. The van der Waals surface area contributed by atoms with Crippen molar-refractivity contribution >= 4 is 5.91 Å². The molecular formula is C22H26N4O4. The molecule has 1 fully saturated rings. The lowest BCUT2D eigenvalue weighted by Gasteiger charge is -2.18. The largest absolute Gasteiger partial charge is 0.489 e. The first-order valence-electron chi connectivity index (χ1n) is 10.2. The van der Waals surface area contributed by atoms with Crippen molar-refractivity contribution in [2.45, 2.75) is 59.1 Å². The van der Waals surface area contributed by atoms with Gasteiger partial charge in [-0.1, -0.05) is 30.2 Å². The number of aryl methyl sites for hydroxylation is 2. The number of hydrogen-bond acceptors (Lipinski definition) is 7. The van der Waals surface area contributed by atoms with Gasteiger partial charge in [0.1, 0.15) is 24.2 Å². The van der Waals surface area contributed by atoms with E-state index in [0.717, 1.165) is 35.7 Å². The van der Waals surface area contributed by atoms with Gasteiger partial charge in [0.05, 0.1) is 11.3 Å². The fourth-order valence-electron chi connectivity index (χ4n) is 3.21. The van der Waals surface area contributed by atoms with E-state index >= 15 is 0 Å². The Labute approximate surface area is 175 Å². The van der Waals surface area contributed by atoms with Crippen molar-refractivity contribution in [3.63, 3.8) is 0 Å². The van der Waals surface area contributed by atoms with E-state index in [0.29, 0.717) is 29.7 Å². The van der Waals surface area contributed by atoms with Crippen molar-refractivity contribution in [2.75, 3.05) is 0 Å². The van der Waals surface area contributed by atoms with Crippen molar-refractivity contribution in [3.05, 3.63) is 58.6 Å². The first kappa shape index (κ1) is 20.1. The molecular weight excluding hydrogens is 384 g/mol. The molecule has 0 saturated heterocycles. The van der Waals surface area contributed by atoms with Crippen LogP contribution in [0.4, 0.5) is 0 Å². The van der Waals surface area contributed by atoms with Crippen LogP contribution in [0.1, 0.15) is 77.7 Å². The standard InChI is InChI=1S/C22H26N4O4/c1-12(2)19(22-24-20(26-30-22)15-8-9-15)23-21(27)16-6-5-7-17(10-16)28-11-18-13(3)25-29-14(18)4/h5-7,10,12,15,19H,8-9,11H2,1-4H3,(H,23,27). The van der Waals surface area contributed by atoms with Crippen LogP contribution in [0.3, 0.4) is 0 Å². The molecule has 1 unspecified atom stereocenters. The van der Waals surface area contributed by atoms with E-state index in [2.05, 4.69) is 20.6 Å². The van der Waals surface area contributed by atoms with E-state index < -0.39 is 0 Å². The first-order valence-corrected chi connectivity index (χ1v) is 10.2. The smallest absolute Gasteiger partial charge is 0.252 e. The Morgan fingerprint density at radius 2 is 2.03 bits per heavy atom. The summed E-state index contributed by atoms with van der Waals surface area (Å²) in [6.07, 6.45) is 2.19. The van der Waals surface area contributed by atoms with Gasteiger partial charge in [0, 0.05) is 11.5 Å². The van der Waals surface area contributed by atoms with Crippen molar-refractivity contribution in [1.29, 1.82) is 0 Å². The molecule has 1 aliphatic carbocycles. The van der Waals surface area contributed by atoms with Gasteiger partial charge in [0.25, 0.3) is 5.91 Å². The molecule has 1 saturated carbocycles. The summed E-state index contributed by atoms with van der Waals surface area (Å²) in [5, 5.41) is 11.0. The van der Waals surface area contributed by atoms with E-state index in [4.69, 9.17) is 13.8 Å². The minimum absolute atomic E-state index is 0.0976. The van der Waals surface area contributed by atoms with Gasteiger partial charge in [-0.25, -0.2) is 0 Å². The van der Waals surface area contributed by atoms with E-state index in [-0.39, 0.29) is 17.9 Å². The molecule has 30 heavy (non-hydrogen) atoms. The van der Waals surface area contributed by atoms with Gasteiger partial charge in [-0.2, -0.15) is 4.98 Å². The monoisotopic (exact) mass is 410 g/mol. The van der Waals surface area contributed by atoms with E-state index in [1.807, 2.05) is 33.8 Å². The Balaban J connectivity index is 1.44. The third-order valence-electron chi connectivity index (χ3n) is 5.28. The second kappa shape index (κ2) is 8.30. The molecule has 1 amide bonds. The highest BCUT2D eigenvalue weighted by Crippen LogP contribution is 2.38. The molecule has 0 radical (unpaired) electrons. The molecule has 3 aromatic rings. The molecule has 1 atom stereocenters. The summed E-state index contributed by atoms with van der Waals surface area (Å²) < 4.78 is 16.5. The summed E-state index contributed by atoms with van der Waals surface area (Å²) in [6, 6.07) is 6.71. The maximum atomic E-state index is 12.9. The van der Waals surface area contributed by atoms with Crippen LogP contribution in [0.25, 0.3) is 0 Å². The summed E-state index contributed by atoms with van der Waals surface area (Å²) in [7, 11) is 0. The summed E-state index contributed by atoms with van der Waals surface area (Å²) in [5.41, 5.74) is 2.21. The Morgan fingerprint density at radius 1 is 1.23 bits per heavy atom. The number of amides is 1. The number of aromatic nitrogens is 3. The minimum atomic E-state index is -0.357. The fraction of sp³-hybridized carbons (Fsp3) is 0.455. The number of benzene rings is 1. The molecule has 1 aliphatic rings. The number of hydrogen-bond donors (Lipinski definition) is 1. The van der Waals surface area contributed by atoms with Gasteiger partial charge in [-0.3, -0.25) is 4.79 Å². The zero-order valence-corrected chi connectivity index (χ0v) is 17.6. The predicted octanol–water partition coefficient (Wildman–Crippen LogP) is 4.26. The summed E-state index contributed by atoms with van der Waals surface area (Å²) >= 11 is 0. The molecule has 8 nitrogen and oxygen atoms in total. The Hall–Kier alpha value is -3.16. The Kier molecular flexibility index (Phi) is 5.57. The number of rotatable bonds is 8. The molecule has 0 spiro atoms. The topological polar surface area (TPSA) is 103 Å². The van der Waals surface area contributed by atoms with Crippen LogP contribution in [-0.2, 0) is 6.61 Å². The predicted molar refractivity (Wildman–Crippen MR) is 108 cm³/mol. The molecule has 158 valence electrons.